The van der Waals surface area contributed by atoms with Gasteiger partial charge < -0.3 is 4.90 Å². The van der Waals surface area contributed by atoms with Gasteiger partial charge in [0.25, 0.3) is 5.91 Å². The monoisotopic (exact) mass is 402 g/mol. The third-order valence-electron chi connectivity index (χ3n) is 4.80. The molecule has 1 fully saturated rings. The van der Waals surface area contributed by atoms with Gasteiger partial charge in [-0.3, -0.25) is 9.69 Å². The Morgan fingerprint density at radius 2 is 1.66 bits per heavy atom. The number of carbonyl (C=O) groups is 1. The molecular formula is C19H17F3N6O. The Bertz CT molecular complexity index is 1020. The summed E-state index contributed by atoms with van der Waals surface area (Å²) in [5.74, 6) is -1.96. The fraction of sp³-hybridized carbons (Fsp3) is 0.263. The Morgan fingerprint density at radius 1 is 0.931 bits per heavy atom. The Kier molecular flexibility index (Phi) is 5.26. The topological polar surface area (TPSA) is 67.2 Å². The number of benzene rings is 2. The van der Waals surface area contributed by atoms with Crippen LogP contribution in [-0.2, 0) is 6.54 Å². The fourth-order valence-electron chi connectivity index (χ4n) is 3.21. The molecule has 150 valence electrons. The molecule has 0 spiro atoms. The molecule has 0 bridgehead atoms. The van der Waals surface area contributed by atoms with Crippen LogP contribution in [0.5, 0.6) is 0 Å². The number of tetrazole rings is 1. The summed E-state index contributed by atoms with van der Waals surface area (Å²) in [6, 6.07) is 8.94. The van der Waals surface area contributed by atoms with Crippen LogP contribution < -0.4 is 0 Å². The zero-order valence-electron chi connectivity index (χ0n) is 15.3. The summed E-state index contributed by atoms with van der Waals surface area (Å²) in [5, 5.41) is 11.5. The van der Waals surface area contributed by atoms with Gasteiger partial charge in [0.2, 0.25) is 0 Å². The molecule has 29 heavy (non-hydrogen) atoms. The highest BCUT2D eigenvalue weighted by molar-refractivity contribution is 5.94. The number of nitrogens with zero attached hydrogens (tertiary/aromatic N) is 6. The van der Waals surface area contributed by atoms with Crippen molar-refractivity contribution in [3.63, 3.8) is 0 Å². The van der Waals surface area contributed by atoms with E-state index in [-0.39, 0.29) is 11.7 Å². The highest BCUT2D eigenvalue weighted by Crippen LogP contribution is 2.15. The van der Waals surface area contributed by atoms with Crippen LogP contribution in [0, 0.1) is 17.5 Å². The van der Waals surface area contributed by atoms with E-state index >= 15 is 0 Å². The first-order valence-electron chi connectivity index (χ1n) is 9.01. The first-order chi connectivity index (χ1) is 14.0. The number of aromatic nitrogens is 4. The molecule has 2 aromatic carbocycles. The number of halogens is 3. The van der Waals surface area contributed by atoms with Gasteiger partial charge in [0.15, 0.2) is 17.5 Å². The summed E-state index contributed by atoms with van der Waals surface area (Å²) in [7, 11) is 0. The Morgan fingerprint density at radius 3 is 2.34 bits per heavy atom. The summed E-state index contributed by atoms with van der Waals surface area (Å²) < 4.78 is 41.1. The Hall–Kier alpha value is -3.27. The van der Waals surface area contributed by atoms with Crippen LogP contribution in [0.3, 0.4) is 0 Å². The van der Waals surface area contributed by atoms with Crippen LogP contribution in [0.15, 0.2) is 42.5 Å². The van der Waals surface area contributed by atoms with E-state index in [9.17, 15) is 18.0 Å². The molecule has 7 nitrogen and oxygen atoms in total. The van der Waals surface area contributed by atoms with Gasteiger partial charge in [0.1, 0.15) is 5.82 Å². The highest BCUT2D eigenvalue weighted by Gasteiger charge is 2.24. The molecular weight excluding hydrogens is 385 g/mol. The quantitative estimate of drug-likeness (QED) is 0.668. The molecule has 1 amide bonds. The molecule has 10 heteroatoms. The normalized spacial score (nSPS) is 14.9. The number of amides is 1. The second-order valence-corrected chi connectivity index (χ2v) is 6.68. The van der Waals surface area contributed by atoms with Crippen molar-refractivity contribution in [2.24, 2.45) is 0 Å². The average Bonchev–Trinajstić information content (AvgIpc) is 3.19. The van der Waals surface area contributed by atoms with Gasteiger partial charge in [-0.05, 0) is 46.8 Å². The van der Waals surface area contributed by atoms with E-state index < -0.39 is 11.6 Å². The van der Waals surface area contributed by atoms with E-state index in [4.69, 9.17) is 0 Å². The summed E-state index contributed by atoms with van der Waals surface area (Å²) >= 11 is 0. The van der Waals surface area contributed by atoms with Crippen molar-refractivity contribution >= 4 is 5.91 Å². The van der Waals surface area contributed by atoms with E-state index in [0.29, 0.717) is 49.8 Å². The first kappa shape index (κ1) is 19.1. The van der Waals surface area contributed by atoms with Crippen molar-refractivity contribution in [2.75, 3.05) is 26.2 Å². The lowest BCUT2D eigenvalue weighted by atomic mass is 10.2. The molecule has 4 rings (SSSR count). The average molecular weight is 402 g/mol. The molecule has 0 aliphatic carbocycles. The molecule has 0 radical (unpaired) electrons. The van der Waals surface area contributed by atoms with Gasteiger partial charge in [-0.2, -0.15) is 4.68 Å². The maximum Gasteiger partial charge on any atom is 0.253 e. The van der Waals surface area contributed by atoms with E-state index in [1.54, 1.807) is 4.90 Å². The lowest BCUT2D eigenvalue weighted by Gasteiger charge is -2.34. The molecule has 0 saturated carbocycles. The molecule has 2 heterocycles. The van der Waals surface area contributed by atoms with Gasteiger partial charge in [0.05, 0.1) is 12.2 Å². The van der Waals surface area contributed by atoms with Crippen molar-refractivity contribution in [1.29, 1.82) is 0 Å². The summed E-state index contributed by atoms with van der Waals surface area (Å²) in [5.41, 5.74) is 0.774. The van der Waals surface area contributed by atoms with E-state index in [0.717, 1.165) is 12.1 Å². The van der Waals surface area contributed by atoms with Crippen molar-refractivity contribution in [3.05, 3.63) is 71.3 Å². The maximum absolute atomic E-state index is 13.5. The van der Waals surface area contributed by atoms with Gasteiger partial charge in [0, 0.05) is 37.8 Å². The zero-order valence-corrected chi connectivity index (χ0v) is 15.3. The summed E-state index contributed by atoms with van der Waals surface area (Å²) in [4.78, 5) is 16.3. The number of hydrogen-bond acceptors (Lipinski definition) is 5. The van der Waals surface area contributed by atoms with Crippen LogP contribution in [-0.4, -0.2) is 62.1 Å². The Balaban J connectivity index is 1.39. The van der Waals surface area contributed by atoms with E-state index in [2.05, 4.69) is 20.4 Å². The minimum Gasteiger partial charge on any atom is -0.336 e. The smallest absolute Gasteiger partial charge is 0.253 e. The van der Waals surface area contributed by atoms with Gasteiger partial charge in [-0.1, -0.05) is 0 Å². The SMILES string of the molecule is O=C(c1ccc(F)cc1)N1CCN(Cc2nnnn2-c2ccc(F)c(F)c2)CC1. The standard InChI is InChI=1S/C19H17F3N6O/c20-14-3-1-13(2-4-14)19(29)27-9-7-26(8-10-27)12-18-23-24-25-28(18)15-5-6-16(21)17(22)11-15/h1-6,11H,7-10,12H2. The first-order valence-corrected chi connectivity index (χ1v) is 9.01. The van der Waals surface area contributed by atoms with E-state index in [1.807, 2.05) is 0 Å². The highest BCUT2D eigenvalue weighted by atomic mass is 19.2. The summed E-state index contributed by atoms with van der Waals surface area (Å²) in [6.45, 7) is 2.59. The van der Waals surface area contributed by atoms with Crippen molar-refractivity contribution in [2.45, 2.75) is 6.54 Å². The summed E-state index contributed by atoms with van der Waals surface area (Å²) in [6.07, 6.45) is 0. The predicted octanol–water partition coefficient (Wildman–Crippen LogP) is 2.04. The second kappa shape index (κ2) is 8.00. The lowest BCUT2D eigenvalue weighted by Crippen LogP contribution is -2.48. The molecule has 3 aromatic rings. The third kappa shape index (κ3) is 4.11. The fourth-order valence-corrected chi connectivity index (χ4v) is 3.21. The largest absolute Gasteiger partial charge is 0.336 e. The number of rotatable bonds is 4. The van der Waals surface area contributed by atoms with Crippen LogP contribution in [0.1, 0.15) is 16.2 Å². The molecule has 1 aliphatic rings. The molecule has 0 unspecified atom stereocenters. The van der Waals surface area contributed by atoms with Crippen LogP contribution >= 0.6 is 0 Å². The number of carbonyl (C=O) groups excluding carboxylic acids is 1. The van der Waals surface area contributed by atoms with Crippen LogP contribution in [0.25, 0.3) is 5.69 Å². The number of piperazine rings is 1. The van der Waals surface area contributed by atoms with Crippen molar-refractivity contribution in [1.82, 2.24) is 30.0 Å². The van der Waals surface area contributed by atoms with Gasteiger partial charge in [-0.25, -0.2) is 13.2 Å². The van der Waals surface area contributed by atoms with Crippen LogP contribution in [0.4, 0.5) is 13.2 Å². The zero-order chi connectivity index (χ0) is 20.4. The van der Waals surface area contributed by atoms with Crippen molar-refractivity contribution < 1.29 is 18.0 Å². The molecule has 0 atom stereocenters. The van der Waals surface area contributed by atoms with Crippen molar-refractivity contribution in [3.8, 4) is 5.69 Å². The van der Waals surface area contributed by atoms with Crippen LogP contribution in [0.2, 0.25) is 0 Å². The predicted molar refractivity (Wildman–Crippen MR) is 96.7 cm³/mol. The van der Waals surface area contributed by atoms with Gasteiger partial charge in [-0.15, -0.1) is 5.10 Å². The number of hydrogen-bond donors (Lipinski definition) is 0. The van der Waals surface area contributed by atoms with E-state index in [1.165, 1.54) is 35.0 Å². The third-order valence-corrected chi connectivity index (χ3v) is 4.80. The maximum atomic E-state index is 13.5. The molecule has 1 aliphatic heterocycles. The minimum absolute atomic E-state index is 0.142. The molecule has 1 aromatic heterocycles. The molecule has 0 N–H and O–H groups in total. The minimum atomic E-state index is -0.975. The van der Waals surface area contributed by atoms with Gasteiger partial charge >= 0.3 is 0 Å². The lowest BCUT2D eigenvalue weighted by molar-refractivity contribution is 0.0624. The Labute approximate surface area is 164 Å². The molecule has 1 saturated heterocycles. The second-order valence-electron chi connectivity index (χ2n) is 6.68.